The van der Waals surface area contributed by atoms with Crippen LogP contribution in [0.2, 0.25) is 0 Å². The molecule has 0 radical (unpaired) electrons. The van der Waals surface area contributed by atoms with Crippen LogP contribution in [-0.4, -0.2) is 13.4 Å². The summed E-state index contributed by atoms with van der Waals surface area (Å²) in [6.07, 6.45) is 0. The van der Waals surface area contributed by atoms with E-state index in [1.165, 1.54) is 6.07 Å². The first-order valence-electron chi connectivity index (χ1n) is 4.73. The molecule has 86 valence electrons. The predicted octanol–water partition coefficient (Wildman–Crippen LogP) is 2.88. The van der Waals surface area contributed by atoms with E-state index in [0.717, 1.165) is 0 Å². The van der Waals surface area contributed by atoms with Crippen molar-refractivity contribution in [1.29, 1.82) is 0 Å². The molecule has 1 aromatic heterocycles. The molecular formula is C10H10ClNO3S. The molecule has 0 spiro atoms. The van der Waals surface area contributed by atoms with Crippen LogP contribution in [0.15, 0.2) is 27.5 Å². The van der Waals surface area contributed by atoms with Crippen molar-refractivity contribution in [2.75, 3.05) is 0 Å². The van der Waals surface area contributed by atoms with Crippen molar-refractivity contribution in [3.8, 4) is 0 Å². The van der Waals surface area contributed by atoms with Gasteiger partial charge in [0.05, 0.1) is 0 Å². The van der Waals surface area contributed by atoms with Gasteiger partial charge in [0.25, 0.3) is 9.05 Å². The Hall–Kier alpha value is -1.07. The summed E-state index contributed by atoms with van der Waals surface area (Å²) in [5.41, 5.74) is 0.728. The normalized spacial score (nSPS) is 12.5. The summed E-state index contributed by atoms with van der Waals surface area (Å²) in [4.78, 5) is 4.16. The van der Waals surface area contributed by atoms with Crippen molar-refractivity contribution in [3.05, 3.63) is 24.1 Å². The second kappa shape index (κ2) is 3.75. The van der Waals surface area contributed by atoms with Crippen molar-refractivity contribution in [3.63, 3.8) is 0 Å². The summed E-state index contributed by atoms with van der Waals surface area (Å²) >= 11 is 0. The minimum Gasteiger partial charge on any atom is -0.439 e. The van der Waals surface area contributed by atoms with E-state index >= 15 is 0 Å². The van der Waals surface area contributed by atoms with Crippen molar-refractivity contribution < 1.29 is 12.8 Å². The maximum absolute atomic E-state index is 11.3. The number of para-hydroxylation sites is 1. The second-order valence-corrected chi connectivity index (χ2v) is 6.28. The lowest BCUT2D eigenvalue weighted by Gasteiger charge is -1.96. The number of nitrogens with zero attached hydrogens (tertiary/aromatic N) is 1. The van der Waals surface area contributed by atoms with Gasteiger partial charge in [-0.05, 0) is 12.1 Å². The van der Waals surface area contributed by atoms with Gasteiger partial charge in [0, 0.05) is 16.6 Å². The molecule has 6 heteroatoms. The molecule has 2 aromatic rings. The first kappa shape index (κ1) is 11.4. The van der Waals surface area contributed by atoms with Gasteiger partial charge < -0.3 is 4.42 Å². The maximum atomic E-state index is 11.3. The highest BCUT2D eigenvalue weighted by atomic mass is 35.7. The lowest BCUT2D eigenvalue weighted by Crippen LogP contribution is -1.90. The largest absolute Gasteiger partial charge is 0.439 e. The van der Waals surface area contributed by atoms with Crippen molar-refractivity contribution in [2.24, 2.45) is 0 Å². The van der Waals surface area contributed by atoms with E-state index < -0.39 is 9.05 Å². The molecule has 0 amide bonds. The molecule has 0 unspecified atom stereocenters. The molecule has 1 heterocycles. The van der Waals surface area contributed by atoms with Crippen LogP contribution in [0, 0.1) is 0 Å². The molecular weight excluding hydrogens is 250 g/mol. The van der Waals surface area contributed by atoms with Gasteiger partial charge in [-0.3, -0.25) is 0 Å². The molecule has 0 saturated carbocycles. The lowest BCUT2D eigenvalue weighted by atomic mass is 10.2. The molecule has 0 aliphatic heterocycles. The summed E-state index contributed by atoms with van der Waals surface area (Å²) in [6, 6.07) is 4.68. The number of aromatic nitrogens is 1. The molecule has 0 atom stereocenters. The summed E-state index contributed by atoms with van der Waals surface area (Å²) in [5, 5.41) is 0. The standard InChI is InChI=1S/C10H10ClNO3S/c1-6(2)10-12-7-4-3-5-8(9(7)15-10)16(11,13)14/h3-6H,1-2H3. The van der Waals surface area contributed by atoms with E-state index in [2.05, 4.69) is 4.98 Å². The Kier molecular flexibility index (Phi) is 2.67. The van der Waals surface area contributed by atoms with Gasteiger partial charge in [-0.15, -0.1) is 0 Å². The first-order chi connectivity index (χ1) is 7.39. The van der Waals surface area contributed by atoms with E-state index in [1.54, 1.807) is 12.1 Å². The minimum atomic E-state index is -3.80. The molecule has 0 fully saturated rings. The number of hydrogen-bond acceptors (Lipinski definition) is 4. The Morgan fingerprint density at radius 1 is 1.38 bits per heavy atom. The molecule has 1 aromatic carbocycles. The summed E-state index contributed by atoms with van der Waals surface area (Å²) < 4.78 is 28.0. The third kappa shape index (κ3) is 1.92. The molecule has 0 aliphatic carbocycles. The average molecular weight is 260 g/mol. The number of hydrogen-bond donors (Lipinski definition) is 0. The van der Waals surface area contributed by atoms with E-state index in [9.17, 15) is 8.42 Å². The molecule has 16 heavy (non-hydrogen) atoms. The zero-order valence-electron chi connectivity index (χ0n) is 8.77. The molecule has 0 N–H and O–H groups in total. The summed E-state index contributed by atoms with van der Waals surface area (Å²) in [7, 11) is 1.51. The third-order valence-electron chi connectivity index (χ3n) is 2.15. The van der Waals surface area contributed by atoms with Gasteiger partial charge in [0.2, 0.25) is 0 Å². The van der Waals surface area contributed by atoms with Gasteiger partial charge in [-0.25, -0.2) is 13.4 Å². The van der Waals surface area contributed by atoms with E-state index in [0.29, 0.717) is 11.4 Å². The van der Waals surface area contributed by atoms with Crippen LogP contribution in [-0.2, 0) is 9.05 Å². The topological polar surface area (TPSA) is 60.2 Å². The number of rotatable bonds is 2. The minimum absolute atomic E-state index is 0.0360. The van der Waals surface area contributed by atoms with Gasteiger partial charge >= 0.3 is 0 Å². The van der Waals surface area contributed by atoms with Crippen LogP contribution in [0.1, 0.15) is 25.7 Å². The Balaban J connectivity index is 2.78. The quantitative estimate of drug-likeness (QED) is 0.778. The molecule has 0 saturated heterocycles. The SMILES string of the molecule is CC(C)c1nc2cccc(S(=O)(=O)Cl)c2o1. The highest BCUT2D eigenvalue weighted by Gasteiger charge is 2.19. The van der Waals surface area contributed by atoms with Crippen molar-refractivity contribution in [2.45, 2.75) is 24.7 Å². The number of fused-ring (bicyclic) bond motifs is 1. The number of halogens is 1. The van der Waals surface area contributed by atoms with E-state index in [4.69, 9.17) is 15.1 Å². The van der Waals surface area contributed by atoms with Gasteiger partial charge in [0.1, 0.15) is 10.4 Å². The van der Waals surface area contributed by atoms with Crippen LogP contribution in [0.4, 0.5) is 0 Å². The Morgan fingerprint density at radius 3 is 2.62 bits per heavy atom. The molecule has 0 aliphatic rings. The second-order valence-electron chi connectivity index (χ2n) is 3.75. The summed E-state index contributed by atoms with van der Waals surface area (Å²) in [6.45, 7) is 3.83. The van der Waals surface area contributed by atoms with Gasteiger partial charge in [-0.1, -0.05) is 19.9 Å². The van der Waals surface area contributed by atoms with Crippen LogP contribution >= 0.6 is 10.7 Å². The zero-order valence-corrected chi connectivity index (χ0v) is 10.3. The third-order valence-corrected chi connectivity index (χ3v) is 3.50. The monoisotopic (exact) mass is 259 g/mol. The van der Waals surface area contributed by atoms with Gasteiger partial charge in [-0.2, -0.15) is 0 Å². The summed E-state index contributed by atoms with van der Waals surface area (Å²) in [5.74, 6) is 0.598. The van der Waals surface area contributed by atoms with Crippen molar-refractivity contribution in [1.82, 2.24) is 4.98 Å². The Morgan fingerprint density at radius 2 is 2.06 bits per heavy atom. The Labute approximate surface area is 97.7 Å². The maximum Gasteiger partial charge on any atom is 0.265 e. The van der Waals surface area contributed by atoms with Crippen LogP contribution < -0.4 is 0 Å². The molecule has 2 rings (SSSR count). The lowest BCUT2D eigenvalue weighted by molar-refractivity contribution is 0.496. The average Bonchev–Trinajstić information content (AvgIpc) is 2.58. The van der Waals surface area contributed by atoms with Crippen LogP contribution in [0.5, 0.6) is 0 Å². The fourth-order valence-electron chi connectivity index (χ4n) is 1.38. The van der Waals surface area contributed by atoms with Crippen molar-refractivity contribution >= 4 is 30.8 Å². The number of oxazole rings is 1. The van der Waals surface area contributed by atoms with E-state index in [1.807, 2.05) is 13.8 Å². The van der Waals surface area contributed by atoms with Crippen LogP contribution in [0.3, 0.4) is 0 Å². The first-order valence-corrected chi connectivity index (χ1v) is 7.04. The predicted molar refractivity (Wildman–Crippen MR) is 61.1 cm³/mol. The molecule has 4 nitrogen and oxygen atoms in total. The highest BCUT2D eigenvalue weighted by Crippen LogP contribution is 2.28. The Bertz CT molecular complexity index is 631. The fourth-order valence-corrected chi connectivity index (χ4v) is 2.35. The van der Waals surface area contributed by atoms with Gasteiger partial charge in [0.15, 0.2) is 11.5 Å². The van der Waals surface area contributed by atoms with Crippen LogP contribution in [0.25, 0.3) is 11.1 Å². The van der Waals surface area contributed by atoms with E-state index in [-0.39, 0.29) is 16.4 Å². The molecule has 0 bridgehead atoms. The highest BCUT2D eigenvalue weighted by molar-refractivity contribution is 8.13. The zero-order chi connectivity index (χ0) is 11.9. The number of benzene rings is 1. The fraction of sp³-hybridized carbons (Fsp3) is 0.300. The smallest absolute Gasteiger partial charge is 0.265 e.